The summed E-state index contributed by atoms with van der Waals surface area (Å²) in [5.41, 5.74) is 0. The van der Waals surface area contributed by atoms with Crippen molar-refractivity contribution in [1.82, 2.24) is 0 Å². The molecule has 0 spiro atoms. The Balaban J connectivity index is 0.000000982. The van der Waals surface area contributed by atoms with Gasteiger partial charge in [-0.25, -0.2) is 0 Å². The van der Waals surface area contributed by atoms with Gasteiger partial charge in [0, 0.05) is 44.1 Å². The van der Waals surface area contributed by atoms with Crippen molar-refractivity contribution in [2.75, 3.05) is 0 Å². The molecule has 0 aliphatic carbocycles. The van der Waals surface area contributed by atoms with Crippen LogP contribution in [0, 0.1) is 0 Å². The summed E-state index contributed by atoms with van der Waals surface area (Å²) < 4.78 is 0. The van der Waals surface area contributed by atoms with Crippen LogP contribution in [0.25, 0.3) is 0 Å². The van der Waals surface area contributed by atoms with Gasteiger partial charge in [0.05, 0.1) is 0 Å². The Morgan fingerprint density at radius 1 is 0.526 bits per heavy atom. The van der Waals surface area contributed by atoms with E-state index in [0.29, 0.717) is 0 Å². The van der Waals surface area contributed by atoms with Crippen LogP contribution >= 0.6 is 0 Å². The molecule has 0 amide bonds. The molecule has 1 aliphatic rings. The fraction of sp³-hybridized carbons (Fsp3) is 1.00. The summed E-state index contributed by atoms with van der Waals surface area (Å²) in [6, 6.07) is 0. The Morgan fingerprint density at radius 2 is 0.632 bits per heavy atom. The molecule has 4 radical (unpaired) electrons. The Bertz CT molecular complexity index is 255. The normalized spacial score (nSPS) is 28.4. The predicted octanol–water partition coefficient (Wildman–Crippen LogP) is 4.34. The molecule has 1 rings (SSSR count). The van der Waals surface area contributed by atoms with Crippen LogP contribution in [0.4, 0.5) is 0 Å². The Labute approximate surface area is 139 Å². The van der Waals surface area contributed by atoms with Crippen molar-refractivity contribution >= 4 is 65.2 Å². The third-order valence-electron chi connectivity index (χ3n) is 6.88. The Hall–Kier alpha value is 2.10. The molecule has 1 heterocycles. The predicted molar refractivity (Wildman–Crippen MR) is 111 cm³/mol. The number of hydrogen-bond acceptors (Lipinski definition) is 0. The van der Waals surface area contributed by atoms with Crippen molar-refractivity contribution in [3.63, 3.8) is 0 Å². The second-order valence-corrected chi connectivity index (χ2v) is 74.6. The molecule has 0 nitrogen and oxygen atoms in total. The van der Waals surface area contributed by atoms with Crippen molar-refractivity contribution in [2.45, 2.75) is 75.3 Å². The molecule has 19 heavy (non-hydrogen) atoms. The zero-order valence-electron chi connectivity index (χ0n) is 15.5. The molecule has 7 heteroatoms. The van der Waals surface area contributed by atoms with E-state index >= 15 is 0 Å². The molecule has 112 valence electrons. The van der Waals surface area contributed by atoms with Gasteiger partial charge in [0.15, 0.2) is 0 Å². The molecular formula is C12H36Si6Sn. The molecule has 1 aliphatic heterocycles. The van der Waals surface area contributed by atoms with E-state index in [4.69, 9.17) is 0 Å². The fourth-order valence-electron chi connectivity index (χ4n) is 3.44. The summed E-state index contributed by atoms with van der Waals surface area (Å²) in [7, 11) is -3.23. The van der Waals surface area contributed by atoms with Gasteiger partial charge >= 0.3 is 31.0 Å². The van der Waals surface area contributed by atoms with E-state index < -0.39 is 28.4 Å². The molecule has 0 N–H and O–H groups in total. The molecular weight excluding hydrogens is 431 g/mol. The monoisotopic (exact) mass is 468 g/mol. The first-order chi connectivity index (χ1) is 8.22. The van der Waals surface area contributed by atoms with E-state index in [1.165, 1.54) is 0 Å². The van der Waals surface area contributed by atoms with Gasteiger partial charge in [-0.15, -0.1) is 0 Å². The van der Waals surface area contributed by atoms with E-state index in [1.807, 2.05) is 0 Å². The van der Waals surface area contributed by atoms with Gasteiger partial charge in [-0.3, -0.25) is 0 Å². The van der Waals surface area contributed by atoms with Crippen molar-refractivity contribution in [3.05, 3.63) is 0 Å². The van der Waals surface area contributed by atoms with Crippen LogP contribution in [0.3, 0.4) is 0 Å². The zero-order chi connectivity index (χ0) is 15.9. The third-order valence-corrected chi connectivity index (χ3v) is 134. The maximum absolute atomic E-state index is 2.79. The molecule has 0 aromatic rings. The van der Waals surface area contributed by atoms with E-state index in [1.54, 1.807) is 0 Å². The summed E-state index contributed by atoms with van der Waals surface area (Å²) >= 11 is 0.230. The maximum atomic E-state index is 2.79. The van der Waals surface area contributed by atoms with Gasteiger partial charge in [-0.05, 0) is 0 Å². The van der Waals surface area contributed by atoms with Crippen molar-refractivity contribution in [2.24, 2.45) is 0 Å². The number of rotatable bonds is 0. The zero-order valence-corrected chi connectivity index (χ0v) is 24.4. The van der Waals surface area contributed by atoms with Crippen LogP contribution in [0.1, 0.15) is 0 Å². The summed E-state index contributed by atoms with van der Waals surface area (Å²) in [4.78, 5) is 4.59. The first-order valence-corrected chi connectivity index (χ1v) is 35.2. The standard InChI is InChI=1S/C10H30Si6.2CH3.Sn/c1-11-13(3,4)15(7,8)12(2)16(9,10)14(11,5)6;;;/h1-10H3;2*1H3;. The van der Waals surface area contributed by atoms with Gasteiger partial charge in [0.1, 0.15) is 0 Å². The Morgan fingerprint density at radius 3 is 0.737 bits per heavy atom. The molecule has 0 bridgehead atoms. The van der Waals surface area contributed by atoms with Crippen LogP contribution in [-0.2, 0) is 0 Å². The molecule has 0 unspecified atom stereocenters. The van der Waals surface area contributed by atoms with E-state index in [0.717, 1.165) is 0 Å². The summed E-state index contributed by atoms with van der Waals surface area (Å²) in [5, 5.41) is 0. The fourth-order valence-corrected chi connectivity index (χ4v) is 201. The van der Waals surface area contributed by atoms with E-state index in [-0.39, 0.29) is 36.8 Å². The second kappa shape index (κ2) is 6.69. The molecule has 0 atom stereocenters. The molecule has 1 saturated heterocycles. The van der Waals surface area contributed by atoms with Gasteiger partial charge in [-0.1, -0.05) is 65.5 Å². The molecule has 0 aromatic heterocycles. The van der Waals surface area contributed by atoms with Crippen LogP contribution in [-0.4, -0.2) is 65.2 Å². The topological polar surface area (TPSA) is 0 Å². The second-order valence-electron chi connectivity index (χ2n) is 8.25. The first-order valence-electron chi connectivity index (χ1n) is 7.50. The van der Waals surface area contributed by atoms with E-state index in [9.17, 15) is 0 Å². The summed E-state index contributed by atoms with van der Waals surface area (Å²) in [5.74, 6) is 0. The SMILES string of the molecule is C[Si]1[Si](C)(C)[Si](C)(C)[Si](C)[Si](C)(C)[Si]1(C)C.[CH3][Sn][CH3]. The van der Waals surface area contributed by atoms with E-state index in [2.05, 4.69) is 75.3 Å². The van der Waals surface area contributed by atoms with Crippen molar-refractivity contribution < 1.29 is 0 Å². The van der Waals surface area contributed by atoms with Gasteiger partial charge in [0.2, 0.25) is 0 Å². The quantitative estimate of drug-likeness (QED) is 0.465. The van der Waals surface area contributed by atoms with Gasteiger partial charge in [0.25, 0.3) is 0 Å². The van der Waals surface area contributed by atoms with Crippen LogP contribution in [0.5, 0.6) is 0 Å². The number of hydrogen-bond donors (Lipinski definition) is 0. The summed E-state index contributed by atoms with van der Waals surface area (Å²) in [6.45, 7) is 27.9. The Kier molecular flexibility index (Phi) is 7.43. The van der Waals surface area contributed by atoms with Crippen LogP contribution in [0.15, 0.2) is 0 Å². The third kappa shape index (κ3) is 3.39. The minimum absolute atomic E-state index is 0.0357. The molecule has 0 aromatic carbocycles. The van der Waals surface area contributed by atoms with Crippen molar-refractivity contribution in [3.8, 4) is 0 Å². The van der Waals surface area contributed by atoms with Crippen molar-refractivity contribution in [1.29, 1.82) is 0 Å². The summed E-state index contributed by atoms with van der Waals surface area (Å²) in [6.07, 6.45) is 0. The van der Waals surface area contributed by atoms with Gasteiger partial charge < -0.3 is 0 Å². The molecule has 0 saturated carbocycles. The van der Waals surface area contributed by atoms with Crippen LogP contribution in [0.2, 0.25) is 75.3 Å². The average Bonchev–Trinajstić information content (AvgIpc) is 2.26. The molecule has 1 fully saturated rings. The first kappa shape index (κ1) is 21.1. The average molecular weight is 468 g/mol. The van der Waals surface area contributed by atoms with Gasteiger partial charge in [-0.2, -0.15) is 0 Å². The minimum atomic E-state index is -0.826. The van der Waals surface area contributed by atoms with Crippen LogP contribution < -0.4 is 0 Å².